The van der Waals surface area contributed by atoms with Crippen LogP contribution >= 0.6 is 0 Å². The van der Waals surface area contributed by atoms with Crippen molar-refractivity contribution in [1.82, 2.24) is 0 Å². The standard InChI is InChI=1S/C27H30O14/c1-9-19(31)22(34)25(37)27(38-9)39-11-4-2-10(3-5-11)14-6-12(29)17-15(40-14)7-13(30)18(21(17)33)26-24(36)23(35)20(32)16(8-28)41-26/h2-7,9,16,19-20,22-28,30-37H,8H2,1H3/t9?,16?,19-,20+,22?,23-,24?,25-,26-,27-/m0/s1. The van der Waals surface area contributed by atoms with Gasteiger partial charge < -0.3 is 64.6 Å². The Hall–Kier alpha value is -3.31. The number of fused-ring (bicyclic) bond motifs is 1. The maximum Gasteiger partial charge on any atom is 0.229 e. The van der Waals surface area contributed by atoms with E-state index in [1.807, 2.05) is 0 Å². The molecule has 0 saturated carbocycles. The number of hydrogen-bond acceptors (Lipinski definition) is 14. The molecule has 10 atom stereocenters. The highest BCUT2D eigenvalue weighted by Gasteiger charge is 2.46. The lowest BCUT2D eigenvalue weighted by molar-refractivity contribution is -0.268. The summed E-state index contributed by atoms with van der Waals surface area (Å²) in [7, 11) is 0. The zero-order valence-corrected chi connectivity index (χ0v) is 21.5. The molecular formula is C27H30O14. The normalized spacial score (nSPS) is 34.0. The highest BCUT2D eigenvalue weighted by molar-refractivity contribution is 5.88. The minimum atomic E-state index is -1.81. The Kier molecular flexibility index (Phi) is 7.95. The molecular weight excluding hydrogens is 548 g/mol. The summed E-state index contributed by atoms with van der Waals surface area (Å²) in [6.07, 6.45) is -14.5. The fraction of sp³-hybridized carbons (Fsp3) is 0.444. The summed E-state index contributed by atoms with van der Waals surface area (Å²) < 4.78 is 22.2. The minimum absolute atomic E-state index is 0.0505. The van der Waals surface area contributed by atoms with Gasteiger partial charge in [-0.3, -0.25) is 4.79 Å². The second kappa shape index (κ2) is 11.2. The molecule has 0 aliphatic carbocycles. The molecule has 3 aromatic rings. The van der Waals surface area contributed by atoms with Gasteiger partial charge in [0.2, 0.25) is 6.29 Å². The van der Waals surface area contributed by atoms with Crippen molar-refractivity contribution in [3.8, 4) is 28.6 Å². The fourth-order valence-electron chi connectivity index (χ4n) is 5.01. The lowest BCUT2D eigenvalue weighted by atomic mass is 9.89. The van der Waals surface area contributed by atoms with Crippen LogP contribution in [-0.4, -0.2) is 108 Å². The van der Waals surface area contributed by atoms with Crippen LogP contribution < -0.4 is 10.2 Å². The number of aliphatic hydroxyl groups is 7. The number of aliphatic hydroxyl groups excluding tert-OH is 7. The topological polar surface area (TPSA) is 240 Å². The van der Waals surface area contributed by atoms with Crippen LogP contribution in [0.4, 0.5) is 0 Å². The first-order valence-corrected chi connectivity index (χ1v) is 12.7. The summed E-state index contributed by atoms with van der Waals surface area (Å²) in [4.78, 5) is 13.1. The number of aromatic hydroxyl groups is 2. The molecule has 2 aliphatic rings. The van der Waals surface area contributed by atoms with Crippen LogP contribution in [0.1, 0.15) is 18.6 Å². The van der Waals surface area contributed by atoms with E-state index in [0.717, 1.165) is 12.1 Å². The quantitative estimate of drug-likeness (QED) is 0.169. The van der Waals surface area contributed by atoms with E-state index in [1.54, 1.807) is 0 Å². The average Bonchev–Trinajstić information content (AvgIpc) is 2.94. The predicted molar refractivity (Wildman–Crippen MR) is 137 cm³/mol. The van der Waals surface area contributed by atoms with Crippen molar-refractivity contribution in [3.05, 3.63) is 52.2 Å². The summed E-state index contributed by atoms with van der Waals surface area (Å²) in [6, 6.07) is 8.11. The van der Waals surface area contributed by atoms with Gasteiger partial charge in [0, 0.05) is 17.7 Å². The van der Waals surface area contributed by atoms with Gasteiger partial charge >= 0.3 is 0 Å². The van der Waals surface area contributed by atoms with Gasteiger partial charge in [-0.25, -0.2) is 0 Å². The van der Waals surface area contributed by atoms with Crippen molar-refractivity contribution in [2.45, 2.75) is 68.1 Å². The Balaban J connectivity index is 1.43. The lowest BCUT2D eigenvalue weighted by Gasteiger charge is -2.40. The van der Waals surface area contributed by atoms with Gasteiger partial charge in [0.1, 0.15) is 82.8 Å². The fourth-order valence-corrected chi connectivity index (χ4v) is 5.01. The Morgan fingerprint density at radius 1 is 0.829 bits per heavy atom. The molecule has 14 heteroatoms. The number of phenols is 2. The molecule has 222 valence electrons. The molecule has 3 heterocycles. The number of ether oxygens (including phenoxy) is 3. The molecule has 0 radical (unpaired) electrons. The van der Waals surface area contributed by atoms with E-state index in [4.69, 9.17) is 18.6 Å². The van der Waals surface area contributed by atoms with E-state index in [-0.39, 0.29) is 22.5 Å². The number of benzene rings is 2. The SMILES string of the molecule is CC1O[C@@H](Oc2ccc(-c3cc(=O)c4c(O)c([C@@H]5OC(CO)[C@@H](O)[C@H](O)C5O)c(O)cc4o3)cc2)[C@@H](O)C(O)[C@H]1O. The highest BCUT2D eigenvalue weighted by Crippen LogP contribution is 2.44. The first kappa shape index (κ1) is 29.2. The van der Waals surface area contributed by atoms with Crippen molar-refractivity contribution in [1.29, 1.82) is 0 Å². The van der Waals surface area contributed by atoms with Crippen LogP contribution in [0, 0.1) is 0 Å². The molecule has 0 bridgehead atoms. The van der Waals surface area contributed by atoms with Gasteiger partial charge in [-0.2, -0.15) is 0 Å². The number of rotatable bonds is 5. The van der Waals surface area contributed by atoms with E-state index in [1.165, 1.54) is 31.2 Å². The molecule has 2 aromatic carbocycles. The first-order chi connectivity index (χ1) is 19.4. The molecule has 41 heavy (non-hydrogen) atoms. The van der Waals surface area contributed by atoms with Gasteiger partial charge in [-0.05, 0) is 31.2 Å². The monoisotopic (exact) mass is 578 g/mol. The molecule has 1 aromatic heterocycles. The summed E-state index contributed by atoms with van der Waals surface area (Å²) >= 11 is 0. The van der Waals surface area contributed by atoms with Crippen LogP contribution in [0.3, 0.4) is 0 Å². The summed E-state index contributed by atoms with van der Waals surface area (Å²) in [6.45, 7) is 0.785. The number of phenolic OH excluding ortho intramolecular Hbond substituents is 2. The van der Waals surface area contributed by atoms with E-state index in [0.29, 0.717) is 5.56 Å². The van der Waals surface area contributed by atoms with Crippen LogP contribution in [0.2, 0.25) is 0 Å². The van der Waals surface area contributed by atoms with Crippen molar-refractivity contribution in [2.75, 3.05) is 6.61 Å². The Morgan fingerprint density at radius 2 is 1.49 bits per heavy atom. The molecule has 5 rings (SSSR count). The summed E-state index contributed by atoms with van der Waals surface area (Å²) in [5, 5.41) is 91.2. The van der Waals surface area contributed by atoms with Gasteiger partial charge in [0.25, 0.3) is 0 Å². The summed E-state index contributed by atoms with van der Waals surface area (Å²) in [5.41, 5.74) is -0.973. The second-order valence-corrected chi connectivity index (χ2v) is 10.1. The molecule has 2 saturated heterocycles. The van der Waals surface area contributed by atoms with Crippen molar-refractivity contribution in [3.63, 3.8) is 0 Å². The molecule has 4 unspecified atom stereocenters. The third kappa shape index (κ3) is 5.14. The third-order valence-corrected chi connectivity index (χ3v) is 7.39. The van der Waals surface area contributed by atoms with E-state index < -0.39 is 90.3 Å². The Labute approximate surface area is 231 Å². The van der Waals surface area contributed by atoms with Crippen LogP contribution in [0.15, 0.2) is 45.6 Å². The van der Waals surface area contributed by atoms with Gasteiger partial charge in [0.15, 0.2) is 5.43 Å². The molecule has 2 fully saturated rings. The zero-order chi connectivity index (χ0) is 29.7. The lowest BCUT2D eigenvalue weighted by Crippen LogP contribution is -2.58. The second-order valence-electron chi connectivity index (χ2n) is 10.1. The smallest absolute Gasteiger partial charge is 0.229 e. The van der Waals surface area contributed by atoms with Crippen LogP contribution in [0.5, 0.6) is 17.2 Å². The van der Waals surface area contributed by atoms with Crippen LogP contribution in [-0.2, 0) is 9.47 Å². The Bertz CT molecular complexity index is 1450. The molecule has 2 aliphatic heterocycles. The van der Waals surface area contributed by atoms with Gasteiger partial charge in [-0.1, -0.05) is 0 Å². The van der Waals surface area contributed by atoms with Gasteiger partial charge in [-0.15, -0.1) is 0 Å². The van der Waals surface area contributed by atoms with Crippen molar-refractivity contribution in [2.24, 2.45) is 0 Å². The van der Waals surface area contributed by atoms with Crippen molar-refractivity contribution >= 4 is 11.0 Å². The van der Waals surface area contributed by atoms with E-state index in [9.17, 15) is 50.8 Å². The Morgan fingerprint density at radius 3 is 2.15 bits per heavy atom. The number of hydrogen-bond donors (Lipinski definition) is 9. The molecule has 0 spiro atoms. The van der Waals surface area contributed by atoms with Gasteiger partial charge in [0.05, 0.1) is 18.3 Å². The largest absolute Gasteiger partial charge is 0.507 e. The summed E-state index contributed by atoms with van der Waals surface area (Å²) in [5.74, 6) is -1.14. The molecule has 9 N–H and O–H groups in total. The average molecular weight is 579 g/mol. The highest BCUT2D eigenvalue weighted by atomic mass is 16.7. The molecule has 14 nitrogen and oxygen atoms in total. The van der Waals surface area contributed by atoms with E-state index in [2.05, 4.69) is 0 Å². The first-order valence-electron chi connectivity index (χ1n) is 12.7. The minimum Gasteiger partial charge on any atom is -0.507 e. The predicted octanol–water partition coefficient (Wildman–Crippen LogP) is -1.41. The van der Waals surface area contributed by atoms with Crippen molar-refractivity contribution < 1.29 is 64.6 Å². The van der Waals surface area contributed by atoms with E-state index >= 15 is 0 Å². The zero-order valence-electron chi connectivity index (χ0n) is 21.5. The maximum absolute atomic E-state index is 13.1. The molecule has 0 amide bonds. The third-order valence-electron chi connectivity index (χ3n) is 7.39. The van der Waals surface area contributed by atoms with Crippen LogP contribution in [0.25, 0.3) is 22.3 Å². The maximum atomic E-state index is 13.1.